The summed E-state index contributed by atoms with van der Waals surface area (Å²) < 4.78 is 11.6. The van der Waals surface area contributed by atoms with Gasteiger partial charge in [-0.25, -0.2) is 10.2 Å². The number of amides is 1. The van der Waals surface area contributed by atoms with E-state index in [1.807, 2.05) is 24.3 Å². The smallest absolute Gasteiger partial charge is 0.338 e. The average Bonchev–Trinajstić information content (AvgIpc) is 3.22. The summed E-state index contributed by atoms with van der Waals surface area (Å²) in [6, 6.07) is 18.0. The van der Waals surface area contributed by atoms with E-state index in [1.54, 1.807) is 43.3 Å². The van der Waals surface area contributed by atoms with Crippen LogP contribution in [0.4, 0.5) is 5.69 Å². The summed E-state index contributed by atoms with van der Waals surface area (Å²) in [5.41, 5.74) is 4.57. The van der Waals surface area contributed by atoms with Crippen molar-refractivity contribution in [3.05, 3.63) is 76.5 Å². The highest BCUT2D eigenvalue weighted by atomic mass is 79.9. The quantitative estimate of drug-likeness (QED) is 0.288. The van der Waals surface area contributed by atoms with E-state index in [1.165, 1.54) is 6.21 Å². The van der Waals surface area contributed by atoms with E-state index in [-0.39, 0.29) is 18.4 Å². The third-order valence-corrected chi connectivity index (χ3v) is 4.51. The molecule has 0 aliphatic heterocycles. The molecule has 1 heterocycles. The maximum atomic E-state index is 11.9. The normalized spacial score (nSPS) is 10.7. The number of rotatable bonds is 8. The Morgan fingerprint density at radius 3 is 2.50 bits per heavy atom. The average molecular weight is 470 g/mol. The highest BCUT2D eigenvalue weighted by molar-refractivity contribution is 9.10. The van der Waals surface area contributed by atoms with Gasteiger partial charge in [0.1, 0.15) is 11.5 Å². The Bertz CT molecular complexity index is 1030. The molecular weight excluding hydrogens is 450 g/mol. The van der Waals surface area contributed by atoms with Crippen LogP contribution < -0.4 is 10.7 Å². The SMILES string of the molecule is CCOC(=O)c1ccc(-c2ccc(/C=N\NC(=O)CNc3ccc(Br)cc3)o2)cc1. The van der Waals surface area contributed by atoms with Gasteiger partial charge in [0.25, 0.3) is 5.91 Å². The number of nitrogens with one attached hydrogen (secondary N) is 2. The molecule has 0 spiro atoms. The van der Waals surface area contributed by atoms with Crippen molar-refractivity contribution >= 4 is 39.7 Å². The highest BCUT2D eigenvalue weighted by Crippen LogP contribution is 2.22. The Hall–Kier alpha value is -3.39. The third kappa shape index (κ3) is 6.05. The molecule has 8 heteroatoms. The van der Waals surface area contributed by atoms with Crippen LogP contribution in [-0.4, -0.2) is 31.2 Å². The summed E-state index contributed by atoms with van der Waals surface area (Å²) in [7, 11) is 0. The fraction of sp³-hybridized carbons (Fsp3) is 0.136. The van der Waals surface area contributed by atoms with Crippen molar-refractivity contribution in [2.24, 2.45) is 5.10 Å². The van der Waals surface area contributed by atoms with Gasteiger partial charge in [-0.3, -0.25) is 4.79 Å². The van der Waals surface area contributed by atoms with Gasteiger partial charge in [-0.05, 0) is 55.5 Å². The van der Waals surface area contributed by atoms with Gasteiger partial charge in [-0.2, -0.15) is 5.10 Å². The second-order valence-corrected chi connectivity index (χ2v) is 7.07. The molecule has 0 saturated heterocycles. The molecule has 0 fully saturated rings. The fourth-order valence-electron chi connectivity index (χ4n) is 2.52. The molecule has 7 nitrogen and oxygen atoms in total. The fourth-order valence-corrected chi connectivity index (χ4v) is 2.78. The minimum Gasteiger partial charge on any atom is -0.462 e. The van der Waals surface area contributed by atoms with E-state index in [4.69, 9.17) is 9.15 Å². The van der Waals surface area contributed by atoms with Gasteiger partial charge in [-0.15, -0.1) is 0 Å². The summed E-state index contributed by atoms with van der Waals surface area (Å²) in [6.07, 6.45) is 1.42. The van der Waals surface area contributed by atoms with Gasteiger partial charge in [0.15, 0.2) is 0 Å². The van der Waals surface area contributed by atoms with Crippen LogP contribution in [0.2, 0.25) is 0 Å². The zero-order valence-corrected chi connectivity index (χ0v) is 17.8. The maximum absolute atomic E-state index is 11.9. The van der Waals surface area contributed by atoms with Crippen molar-refractivity contribution in [2.75, 3.05) is 18.5 Å². The van der Waals surface area contributed by atoms with Crippen molar-refractivity contribution < 1.29 is 18.7 Å². The molecular formula is C22H20BrN3O4. The summed E-state index contributed by atoms with van der Waals surface area (Å²) in [4.78, 5) is 23.6. The second kappa shape index (κ2) is 10.4. The first-order chi connectivity index (χ1) is 14.5. The van der Waals surface area contributed by atoms with Gasteiger partial charge in [0, 0.05) is 15.7 Å². The molecule has 0 aliphatic rings. The van der Waals surface area contributed by atoms with E-state index >= 15 is 0 Å². The number of carbonyl (C=O) groups excluding carboxylic acids is 2. The largest absolute Gasteiger partial charge is 0.462 e. The lowest BCUT2D eigenvalue weighted by Gasteiger charge is -2.04. The van der Waals surface area contributed by atoms with E-state index in [0.717, 1.165) is 15.7 Å². The van der Waals surface area contributed by atoms with Gasteiger partial charge >= 0.3 is 5.97 Å². The Kier molecular flexibility index (Phi) is 7.40. The van der Waals surface area contributed by atoms with E-state index in [0.29, 0.717) is 23.7 Å². The van der Waals surface area contributed by atoms with Gasteiger partial charge in [0.2, 0.25) is 0 Å². The molecule has 0 unspecified atom stereocenters. The molecule has 0 atom stereocenters. The molecule has 2 N–H and O–H groups in total. The minimum absolute atomic E-state index is 0.0925. The molecule has 0 aliphatic carbocycles. The second-order valence-electron chi connectivity index (χ2n) is 6.15. The minimum atomic E-state index is -0.360. The zero-order valence-electron chi connectivity index (χ0n) is 16.2. The predicted molar refractivity (Wildman–Crippen MR) is 118 cm³/mol. The summed E-state index contributed by atoms with van der Waals surface area (Å²) in [5, 5.41) is 6.91. The molecule has 1 amide bonds. The van der Waals surface area contributed by atoms with Gasteiger partial charge < -0.3 is 14.5 Å². The van der Waals surface area contributed by atoms with E-state index in [9.17, 15) is 9.59 Å². The van der Waals surface area contributed by atoms with Crippen LogP contribution >= 0.6 is 15.9 Å². The number of esters is 1. The number of anilines is 1. The number of ether oxygens (including phenoxy) is 1. The van der Waals surface area contributed by atoms with Crippen LogP contribution in [0.25, 0.3) is 11.3 Å². The number of hydrogen-bond donors (Lipinski definition) is 2. The van der Waals surface area contributed by atoms with Gasteiger partial charge in [-0.1, -0.05) is 28.1 Å². The van der Waals surface area contributed by atoms with Crippen molar-refractivity contribution in [1.82, 2.24) is 5.43 Å². The van der Waals surface area contributed by atoms with Crippen LogP contribution in [0.15, 0.2) is 74.7 Å². The Balaban J connectivity index is 1.51. The van der Waals surface area contributed by atoms with E-state index in [2.05, 4.69) is 31.8 Å². The molecule has 2 aromatic carbocycles. The molecule has 3 aromatic rings. The molecule has 1 aromatic heterocycles. The van der Waals surface area contributed by atoms with Crippen molar-refractivity contribution in [1.29, 1.82) is 0 Å². The van der Waals surface area contributed by atoms with Crippen LogP contribution in [0.1, 0.15) is 23.0 Å². The number of hydrogen-bond acceptors (Lipinski definition) is 6. The lowest BCUT2D eigenvalue weighted by Crippen LogP contribution is -2.25. The molecule has 3 rings (SSSR count). The van der Waals surface area contributed by atoms with Gasteiger partial charge in [0.05, 0.1) is 24.9 Å². The number of hydrazone groups is 1. The first-order valence-electron chi connectivity index (χ1n) is 9.24. The molecule has 0 radical (unpaired) electrons. The Morgan fingerprint density at radius 1 is 1.07 bits per heavy atom. The number of benzene rings is 2. The van der Waals surface area contributed by atoms with Crippen LogP contribution in [0.5, 0.6) is 0 Å². The molecule has 30 heavy (non-hydrogen) atoms. The number of halogens is 1. The lowest BCUT2D eigenvalue weighted by atomic mass is 10.1. The van der Waals surface area contributed by atoms with Crippen molar-refractivity contribution in [2.45, 2.75) is 6.92 Å². The first kappa shape index (κ1) is 21.3. The molecule has 0 saturated carbocycles. The zero-order chi connectivity index (χ0) is 21.3. The summed E-state index contributed by atoms with van der Waals surface area (Å²) in [6.45, 7) is 2.19. The summed E-state index contributed by atoms with van der Waals surface area (Å²) in [5.74, 6) is 0.466. The monoisotopic (exact) mass is 469 g/mol. The highest BCUT2D eigenvalue weighted by Gasteiger charge is 2.08. The third-order valence-electron chi connectivity index (χ3n) is 3.99. The van der Waals surface area contributed by atoms with Crippen LogP contribution in [0, 0.1) is 0 Å². The maximum Gasteiger partial charge on any atom is 0.338 e. The first-order valence-corrected chi connectivity index (χ1v) is 10.0. The van der Waals surface area contributed by atoms with Crippen molar-refractivity contribution in [3.63, 3.8) is 0 Å². The predicted octanol–water partition coefficient (Wildman–Crippen LogP) is 4.45. The lowest BCUT2D eigenvalue weighted by molar-refractivity contribution is -0.119. The Labute approximate surface area is 182 Å². The standard InChI is InChI=1S/C22H20BrN3O4/c1-2-29-22(28)16-5-3-15(4-6-16)20-12-11-19(30-20)13-25-26-21(27)14-24-18-9-7-17(23)8-10-18/h3-13,24H,2,14H2,1H3,(H,26,27)/b25-13-. The summed E-state index contributed by atoms with van der Waals surface area (Å²) >= 11 is 3.36. The Morgan fingerprint density at radius 2 is 1.80 bits per heavy atom. The topological polar surface area (TPSA) is 92.9 Å². The molecule has 0 bridgehead atoms. The number of furan rings is 1. The number of carbonyl (C=O) groups is 2. The van der Waals surface area contributed by atoms with E-state index < -0.39 is 0 Å². The van der Waals surface area contributed by atoms with Crippen LogP contribution in [-0.2, 0) is 9.53 Å². The van der Waals surface area contributed by atoms with Crippen molar-refractivity contribution in [3.8, 4) is 11.3 Å². The van der Waals surface area contributed by atoms with Crippen LogP contribution in [0.3, 0.4) is 0 Å². The number of nitrogens with zero attached hydrogens (tertiary/aromatic N) is 1. The molecule has 154 valence electrons.